The molecule has 176 valence electrons. The lowest BCUT2D eigenvalue weighted by molar-refractivity contribution is -0.117. The first-order valence-electron chi connectivity index (χ1n) is 11.2. The fourth-order valence-electron chi connectivity index (χ4n) is 4.41. The van der Waals surface area contributed by atoms with E-state index < -0.39 is 23.5 Å². The van der Waals surface area contributed by atoms with E-state index >= 15 is 0 Å². The number of carbonyl (C=O) groups excluding carboxylic acids is 2. The van der Waals surface area contributed by atoms with Crippen molar-refractivity contribution in [2.75, 3.05) is 11.5 Å². The van der Waals surface area contributed by atoms with Crippen LogP contribution in [0.3, 0.4) is 0 Å². The molecule has 0 radical (unpaired) electrons. The van der Waals surface area contributed by atoms with Crippen LogP contribution in [0.4, 0.5) is 5.69 Å². The molecule has 0 bridgehead atoms. The average Bonchev–Trinajstić information content (AvgIpc) is 3.37. The molecule has 0 fully saturated rings. The Hall–Kier alpha value is -4.03. The van der Waals surface area contributed by atoms with E-state index in [1.54, 1.807) is 48.5 Å². The first kappa shape index (κ1) is 22.7. The fourth-order valence-corrected chi connectivity index (χ4v) is 4.59. The number of hydrogen-bond donors (Lipinski definition) is 1. The predicted molar refractivity (Wildman–Crippen MR) is 134 cm³/mol. The third-order valence-electron chi connectivity index (χ3n) is 5.92. The maximum absolute atomic E-state index is 13.7. The number of halogens is 1. The summed E-state index contributed by atoms with van der Waals surface area (Å²) in [6.45, 7) is 4.25. The lowest BCUT2D eigenvalue weighted by Crippen LogP contribution is -2.31. The Labute approximate surface area is 207 Å². The van der Waals surface area contributed by atoms with Crippen LogP contribution in [-0.2, 0) is 4.79 Å². The highest BCUT2D eigenvalue weighted by Crippen LogP contribution is 2.43. The Morgan fingerprint density at radius 3 is 2.66 bits per heavy atom. The molecule has 1 atom stereocenters. The topological polar surface area (TPSA) is 80.0 Å². The number of aryl methyl sites for hydroxylation is 1. The predicted octanol–water partition coefficient (Wildman–Crippen LogP) is 6.58. The molecular weight excluding hydrogens is 466 g/mol. The van der Waals surface area contributed by atoms with Gasteiger partial charge in [0.05, 0.1) is 18.2 Å². The number of hydrogen-bond acceptors (Lipinski definition) is 5. The van der Waals surface area contributed by atoms with Crippen molar-refractivity contribution in [3.63, 3.8) is 0 Å². The molecule has 1 unspecified atom stereocenters. The number of ketones is 1. The van der Waals surface area contributed by atoms with Gasteiger partial charge in [-0.05, 0) is 55.8 Å². The first-order chi connectivity index (χ1) is 16.9. The molecule has 3 aromatic carbocycles. The van der Waals surface area contributed by atoms with Crippen LogP contribution in [0.25, 0.3) is 11.0 Å². The van der Waals surface area contributed by atoms with Crippen molar-refractivity contribution in [2.24, 2.45) is 0 Å². The fraction of sp³-hybridized carbons (Fsp3) is 0.143. The number of benzene rings is 3. The van der Waals surface area contributed by atoms with Crippen molar-refractivity contribution in [2.45, 2.75) is 19.9 Å². The van der Waals surface area contributed by atoms with E-state index in [9.17, 15) is 14.7 Å². The van der Waals surface area contributed by atoms with Crippen molar-refractivity contribution in [1.29, 1.82) is 0 Å². The Bertz CT molecular complexity index is 1500. The van der Waals surface area contributed by atoms with Crippen LogP contribution in [0.1, 0.15) is 34.6 Å². The highest BCUT2D eigenvalue weighted by Gasteiger charge is 2.45. The zero-order valence-corrected chi connectivity index (χ0v) is 19.9. The Morgan fingerprint density at radius 2 is 1.89 bits per heavy atom. The summed E-state index contributed by atoms with van der Waals surface area (Å²) in [5, 5.41) is 12.1. The second kappa shape index (κ2) is 8.96. The van der Waals surface area contributed by atoms with Crippen LogP contribution < -0.4 is 9.64 Å². The second-order valence-corrected chi connectivity index (χ2v) is 8.74. The van der Waals surface area contributed by atoms with Crippen LogP contribution in [0.15, 0.2) is 88.5 Å². The molecule has 1 aromatic heterocycles. The Morgan fingerprint density at radius 1 is 1.09 bits per heavy atom. The summed E-state index contributed by atoms with van der Waals surface area (Å²) >= 11 is 6.08. The molecule has 0 spiro atoms. The van der Waals surface area contributed by atoms with E-state index in [2.05, 4.69) is 0 Å². The molecule has 0 aliphatic carbocycles. The van der Waals surface area contributed by atoms with E-state index in [0.29, 0.717) is 39.6 Å². The summed E-state index contributed by atoms with van der Waals surface area (Å²) in [5.74, 6) is -1.26. The third kappa shape index (κ3) is 4.06. The average molecular weight is 488 g/mol. The Balaban J connectivity index is 1.65. The van der Waals surface area contributed by atoms with Crippen molar-refractivity contribution in [3.05, 3.63) is 106 Å². The lowest BCUT2D eigenvalue weighted by atomic mass is 9.94. The maximum atomic E-state index is 13.7. The largest absolute Gasteiger partial charge is 0.503 e. The van der Waals surface area contributed by atoms with E-state index in [-0.39, 0.29) is 11.3 Å². The number of furan rings is 1. The smallest absolute Gasteiger partial charge is 0.294 e. The number of Topliss-reactive ketones (excluding diaryl/α,β-unsaturated/α-hetero) is 1. The molecule has 1 amide bonds. The quantitative estimate of drug-likeness (QED) is 0.311. The molecule has 1 N–H and O–H groups in total. The van der Waals surface area contributed by atoms with E-state index in [1.165, 1.54) is 4.90 Å². The zero-order valence-electron chi connectivity index (χ0n) is 19.1. The number of amides is 1. The number of nitrogens with zero attached hydrogens (tertiary/aromatic N) is 1. The van der Waals surface area contributed by atoms with Gasteiger partial charge in [-0.2, -0.15) is 0 Å². The van der Waals surface area contributed by atoms with Gasteiger partial charge in [-0.3, -0.25) is 14.5 Å². The number of carbonyl (C=O) groups is 2. The van der Waals surface area contributed by atoms with Crippen LogP contribution in [0.5, 0.6) is 5.75 Å². The molecule has 6 nitrogen and oxygen atoms in total. The molecule has 1 aliphatic heterocycles. The molecule has 4 aromatic rings. The Kier molecular flexibility index (Phi) is 5.83. The van der Waals surface area contributed by atoms with Crippen molar-refractivity contribution in [3.8, 4) is 5.75 Å². The van der Waals surface area contributed by atoms with Gasteiger partial charge < -0.3 is 14.3 Å². The molecule has 0 saturated heterocycles. The second-order valence-electron chi connectivity index (χ2n) is 8.31. The minimum atomic E-state index is -0.858. The number of anilines is 1. The number of aliphatic hydroxyl groups excluding tert-OH is 1. The minimum absolute atomic E-state index is 0.0131. The third-order valence-corrected chi connectivity index (χ3v) is 6.15. The molecule has 0 saturated carbocycles. The molecule has 1 aliphatic rings. The number of fused-ring (bicyclic) bond motifs is 1. The molecular formula is C28H22ClNO5. The van der Waals surface area contributed by atoms with Gasteiger partial charge >= 0.3 is 0 Å². The number of aliphatic hydroxyl groups is 1. The van der Waals surface area contributed by atoms with Crippen LogP contribution in [0, 0.1) is 6.92 Å². The van der Waals surface area contributed by atoms with Crippen molar-refractivity contribution in [1.82, 2.24) is 0 Å². The maximum Gasteiger partial charge on any atom is 0.294 e. The van der Waals surface area contributed by atoms with Crippen LogP contribution in [-0.4, -0.2) is 23.4 Å². The minimum Gasteiger partial charge on any atom is -0.503 e. The first-order valence-corrected chi connectivity index (χ1v) is 11.5. The SMILES string of the molecule is CCOc1cccc(N2C(=O)C(O)=C(C(=O)c3cc4cc(Cl)ccc4o3)C2c2cccc(C)c2)c1. The van der Waals surface area contributed by atoms with Crippen molar-refractivity contribution >= 4 is 39.9 Å². The summed E-state index contributed by atoms with van der Waals surface area (Å²) < 4.78 is 11.4. The summed E-state index contributed by atoms with van der Waals surface area (Å²) in [6.07, 6.45) is 0. The van der Waals surface area contributed by atoms with Gasteiger partial charge in [0.25, 0.3) is 5.91 Å². The molecule has 35 heavy (non-hydrogen) atoms. The van der Waals surface area contributed by atoms with E-state index in [1.807, 2.05) is 38.1 Å². The highest BCUT2D eigenvalue weighted by atomic mass is 35.5. The van der Waals surface area contributed by atoms with Crippen LogP contribution >= 0.6 is 11.6 Å². The van der Waals surface area contributed by atoms with E-state index in [0.717, 1.165) is 5.56 Å². The van der Waals surface area contributed by atoms with Gasteiger partial charge in [0, 0.05) is 22.2 Å². The van der Waals surface area contributed by atoms with Gasteiger partial charge in [-0.25, -0.2) is 0 Å². The summed E-state index contributed by atoms with van der Waals surface area (Å²) in [5.41, 5.74) is 2.57. The normalized spacial score (nSPS) is 15.8. The summed E-state index contributed by atoms with van der Waals surface area (Å²) in [4.78, 5) is 28.5. The highest BCUT2D eigenvalue weighted by molar-refractivity contribution is 6.31. The van der Waals surface area contributed by atoms with Gasteiger partial charge in [0.2, 0.25) is 5.78 Å². The van der Waals surface area contributed by atoms with Crippen LogP contribution in [0.2, 0.25) is 5.02 Å². The standard InChI is InChI=1S/C28H22ClNO5/c1-3-34-21-9-5-8-20(15-21)30-25(17-7-4-6-16(2)12-17)24(27(32)28(30)33)26(31)23-14-18-13-19(29)10-11-22(18)35-23/h4-15,25,32H,3H2,1-2H3. The van der Waals surface area contributed by atoms with E-state index in [4.69, 9.17) is 20.8 Å². The lowest BCUT2D eigenvalue weighted by Gasteiger charge is -2.27. The molecule has 7 heteroatoms. The van der Waals surface area contributed by atoms with Gasteiger partial charge in [-0.15, -0.1) is 0 Å². The van der Waals surface area contributed by atoms with Gasteiger partial charge in [-0.1, -0.05) is 47.5 Å². The molecule has 5 rings (SSSR count). The summed E-state index contributed by atoms with van der Waals surface area (Å²) in [6, 6.07) is 20.2. The zero-order chi connectivity index (χ0) is 24.7. The van der Waals surface area contributed by atoms with Crippen molar-refractivity contribution < 1.29 is 23.8 Å². The monoisotopic (exact) mass is 487 g/mol. The molecule has 2 heterocycles. The number of ether oxygens (including phenoxy) is 1. The van der Waals surface area contributed by atoms with Gasteiger partial charge in [0.15, 0.2) is 11.5 Å². The number of rotatable bonds is 6. The summed E-state index contributed by atoms with van der Waals surface area (Å²) in [7, 11) is 0. The van der Waals surface area contributed by atoms with Gasteiger partial charge in [0.1, 0.15) is 11.3 Å².